The first-order valence-electron chi connectivity index (χ1n) is 16.5. The Hall–Kier alpha value is -5.48. The van der Waals surface area contributed by atoms with Gasteiger partial charge in [-0.2, -0.15) is 5.26 Å². The van der Waals surface area contributed by atoms with Crippen molar-refractivity contribution in [3.05, 3.63) is 112 Å². The number of benzene rings is 4. The minimum absolute atomic E-state index is 0.0140. The highest BCUT2D eigenvalue weighted by atomic mass is 35.5. The Bertz CT molecular complexity index is 2360. The Labute approximate surface area is 307 Å². The van der Waals surface area contributed by atoms with Gasteiger partial charge in [0.25, 0.3) is 0 Å². The second-order valence-electron chi connectivity index (χ2n) is 13.1. The standard InChI is InChI=1S/C39H32ClF2N7O2S/c1-39(2,3)51-38(50)48-37-47-33-24(14-15-28(41)35(33)52-37)29-27(40)20-25-32(30(29)42)46-36(26(21-43)34(25)49-18-16-44-17-19-49)45-31(22-10-6-4-7-11-22)23-12-8-5-9-13-23/h4-15,20,44H,16-19H2,1-3H3,(H,47,48,50). The summed E-state index contributed by atoms with van der Waals surface area (Å²) < 4.78 is 37.9. The van der Waals surface area contributed by atoms with Gasteiger partial charge in [0.2, 0.25) is 0 Å². The average Bonchev–Trinajstić information content (AvgIpc) is 3.56. The van der Waals surface area contributed by atoms with Gasteiger partial charge in [0, 0.05) is 53.8 Å². The van der Waals surface area contributed by atoms with E-state index in [1.807, 2.05) is 65.6 Å². The number of aliphatic imine (C=N–C) groups is 1. The van der Waals surface area contributed by atoms with Crippen molar-refractivity contribution in [2.75, 3.05) is 36.4 Å². The molecular weight excluding hydrogens is 704 g/mol. The van der Waals surface area contributed by atoms with E-state index in [4.69, 9.17) is 26.3 Å². The molecule has 2 N–H and O–H groups in total. The molecule has 0 radical (unpaired) electrons. The summed E-state index contributed by atoms with van der Waals surface area (Å²) in [5.74, 6) is -1.35. The topological polar surface area (TPSA) is 116 Å². The molecule has 2 aromatic heterocycles. The molecule has 7 rings (SSSR count). The first kappa shape index (κ1) is 34.9. The zero-order chi connectivity index (χ0) is 36.6. The molecule has 1 aliphatic rings. The van der Waals surface area contributed by atoms with Gasteiger partial charge in [0.15, 0.2) is 16.8 Å². The molecule has 262 valence electrons. The number of nitrogens with one attached hydrogen (secondary N) is 2. The van der Waals surface area contributed by atoms with Crippen molar-refractivity contribution in [3.63, 3.8) is 0 Å². The third kappa shape index (κ3) is 6.90. The summed E-state index contributed by atoms with van der Waals surface area (Å²) in [5, 5.41) is 17.0. The molecule has 0 spiro atoms. The van der Waals surface area contributed by atoms with E-state index in [1.54, 1.807) is 26.8 Å². The van der Waals surface area contributed by atoms with Crippen LogP contribution in [0.4, 0.5) is 30.2 Å². The van der Waals surface area contributed by atoms with Gasteiger partial charge in [-0.3, -0.25) is 5.32 Å². The normalized spacial score (nSPS) is 13.2. The van der Waals surface area contributed by atoms with Gasteiger partial charge >= 0.3 is 6.09 Å². The van der Waals surface area contributed by atoms with Crippen molar-refractivity contribution < 1.29 is 18.3 Å². The van der Waals surface area contributed by atoms with Gasteiger partial charge in [-0.25, -0.2) is 28.5 Å². The number of anilines is 2. The minimum Gasteiger partial charge on any atom is -0.444 e. The molecule has 9 nitrogen and oxygen atoms in total. The number of thiazole rings is 1. The molecule has 3 heterocycles. The van der Waals surface area contributed by atoms with Gasteiger partial charge in [-0.1, -0.05) is 83.6 Å². The zero-order valence-corrected chi connectivity index (χ0v) is 30.0. The van der Waals surface area contributed by atoms with Crippen LogP contribution in [0.2, 0.25) is 5.02 Å². The number of carbonyl (C=O) groups excluding carboxylic acids is 1. The second-order valence-corrected chi connectivity index (χ2v) is 14.5. The largest absolute Gasteiger partial charge is 0.444 e. The molecule has 0 unspecified atom stereocenters. The highest BCUT2D eigenvalue weighted by molar-refractivity contribution is 7.22. The van der Waals surface area contributed by atoms with Crippen LogP contribution in [-0.4, -0.2) is 53.6 Å². The molecule has 6 aromatic rings. The van der Waals surface area contributed by atoms with Gasteiger partial charge in [-0.05, 0) is 39.0 Å². The SMILES string of the molecule is CC(C)(C)OC(=O)Nc1nc2c(-c3c(Cl)cc4c(N5CCNCC5)c(C#N)c(N=C(c5ccccc5)c5ccccc5)nc4c3F)ccc(F)c2s1. The lowest BCUT2D eigenvalue weighted by molar-refractivity contribution is 0.0636. The fourth-order valence-corrected chi connectivity index (χ4v) is 7.34. The second kappa shape index (κ2) is 14.3. The van der Waals surface area contributed by atoms with Crippen LogP contribution < -0.4 is 15.5 Å². The summed E-state index contributed by atoms with van der Waals surface area (Å²) in [4.78, 5) is 28.7. The van der Waals surface area contributed by atoms with Gasteiger partial charge in [0.1, 0.15) is 28.6 Å². The first-order valence-corrected chi connectivity index (χ1v) is 17.7. The van der Waals surface area contributed by atoms with Crippen LogP contribution in [0.5, 0.6) is 0 Å². The number of amides is 1. The molecule has 52 heavy (non-hydrogen) atoms. The predicted octanol–water partition coefficient (Wildman–Crippen LogP) is 9.24. The third-order valence-electron chi connectivity index (χ3n) is 8.36. The first-order chi connectivity index (χ1) is 25.0. The van der Waals surface area contributed by atoms with Crippen LogP contribution in [0.25, 0.3) is 32.2 Å². The molecule has 1 amide bonds. The van der Waals surface area contributed by atoms with E-state index in [0.717, 1.165) is 22.5 Å². The van der Waals surface area contributed by atoms with Crippen molar-refractivity contribution in [2.45, 2.75) is 26.4 Å². The Kier molecular flexibility index (Phi) is 9.59. The predicted molar refractivity (Wildman–Crippen MR) is 203 cm³/mol. The van der Waals surface area contributed by atoms with Crippen LogP contribution >= 0.6 is 22.9 Å². The Balaban J connectivity index is 1.47. The molecule has 0 bridgehead atoms. The number of rotatable bonds is 6. The number of aromatic nitrogens is 2. The van der Waals surface area contributed by atoms with Gasteiger partial charge in [-0.15, -0.1) is 0 Å². The van der Waals surface area contributed by atoms with Crippen LogP contribution in [-0.2, 0) is 4.74 Å². The maximum Gasteiger partial charge on any atom is 0.413 e. The number of nitriles is 1. The minimum atomic E-state index is -0.789. The fourth-order valence-electron chi connectivity index (χ4n) is 6.16. The third-order valence-corrected chi connectivity index (χ3v) is 9.63. The van der Waals surface area contributed by atoms with E-state index in [-0.39, 0.29) is 48.4 Å². The van der Waals surface area contributed by atoms with E-state index in [9.17, 15) is 10.1 Å². The molecule has 0 saturated carbocycles. The highest BCUT2D eigenvalue weighted by Crippen LogP contribution is 2.45. The van der Waals surface area contributed by atoms with Crippen molar-refractivity contribution in [1.29, 1.82) is 5.26 Å². The monoisotopic (exact) mass is 735 g/mol. The summed E-state index contributed by atoms with van der Waals surface area (Å²) >= 11 is 7.81. The molecule has 1 saturated heterocycles. The highest BCUT2D eigenvalue weighted by Gasteiger charge is 2.28. The lowest BCUT2D eigenvalue weighted by atomic mass is 9.98. The maximum absolute atomic E-state index is 17.3. The molecule has 1 aliphatic heterocycles. The van der Waals surface area contributed by atoms with E-state index in [1.165, 1.54) is 12.1 Å². The molecule has 1 fully saturated rings. The average molecular weight is 736 g/mol. The Morgan fingerprint density at radius 2 is 1.65 bits per heavy atom. The number of fused-ring (bicyclic) bond motifs is 2. The number of hydrogen-bond donors (Lipinski definition) is 2. The van der Waals surface area contributed by atoms with Crippen molar-refractivity contribution in [2.24, 2.45) is 4.99 Å². The van der Waals surface area contributed by atoms with E-state index in [2.05, 4.69) is 21.7 Å². The number of halogens is 3. The summed E-state index contributed by atoms with van der Waals surface area (Å²) in [6.45, 7) is 7.55. The summed E-state index contributed by atoms with van der Waals surface area (Å²) in [6, 6.07) is 25.5. The van der Waals surface area contributed by atoms with E-state index in [0.29, 0.717) is 43.0 Å². The quantitative estimate of drug-likeness (QED) is 0.164. The molecule has 13 heteroatoms. The number of piperazine rings is 1. The fraction of sp³-hybridized carbons (Fsp3) is 0.205. The van der Waals surface area contributed by atoms with E-state index >= 15 is 8.78 Å². The number of carbonyl (C=O) groups is 1. The van der Waals surface area contributed by atoms with Crippen LogP contribution in [0, 0.1) is 23.0 Å². The molecular formula is C39H32ClF2N7O2S. The molecule has 4 aromatic carbocycles. The summed E-state index contributed by atoms with van der Waals surface area (Å²) in [7, 11) is 0. The molecule has 0 atom stereocenters. The maximum atomic E-state index is 17.3. The van der Waals surface area contributed by atoms with E-state index < -0.39 is 23.3 Å². The van der Waals surface area contributed by atoms with Crippen molar-refractivity contribution >= 4 is 72.5 Å². The lowest BCUT2D eigenvalue weighted by Crippen LogP contribution is -2.44. The molecule has 0 aliphatic carbocycles. The smallest absolute Gasteiger partial charge is 0.413 e. The number of ether oxygens (including phenoxy) is 1. The number of pyridine rings is 1. The van der Waals surface area contributed by atoms with Crippen LogP contribution in [0.3, 0.4) is 0 Å². The van der Waals surface area contributed by atoms with Crippen LogP contribution in [0.15, 0.2) is 83.9 Å². The van der Waals surface area contributed by atoms with Gasteiger partial charge < -0.3 is 15.0 Å². The number of hydrogen-bond acceptors (Lipinski definition) is 9. The lowest BCUT2D eigenvalue weighted by Gasteiger charge is -2.31. The van der Waals surface area contributed by atoms with Crippen LogP contribution in [0.1, 0.15) is 37.5 Å². The Morgan fingerprint density at radius 1 is 1.00 bits per heavy atom. The van der Waals surface area contributed by atoms with Crippen molar-refractivity contribution in [1.82, 2.24) is 15.3 Å². The summed E-state index contributed by atoms with van der Waals surface area (Å²) in [6.07, 6.45) is -0.764. The Morgan fingerprint density at radius 3 is 2.27 bits per heavy atom. The zero-order valence-electron chi connectivity index (χ0n) is 28.4. The summed E-state index contributed by atoms with van der Waals surface area (Å²) in [5.41, 5.74) is 2.19. The van der Waals surface area contributed by atoms with Gasteiger partial charge in [0.05, 0.1) is 26.6 Å². The van der Waals surface area contributed by atoms with Crippen molar-refractivity contribution in [3.8, 4) is 17.2 Å². The number of nitrogens with zero attached hydrogens (tertiary/aromatic N) is 5.